The first-order valence-corrected chi connectivity index (χ1v) is 9.33. The number of rotatable bonds is 5. The van der Waals surface area contributed by atoms with Crippen molar-refractivity contribution >= 4 is 11.6 Å². The maximum absolute atomic E-state index is 12.6. The smallest absolute Gasteiger partial charge is 0.227 e. The fraction of sp³-hybridized carbons (Fsp3) is 0.409. The minimum Gasteiger partial charge on any atom is -0.497 e. The topological polar surface area (TPSA) is 32.8 Å². The second-order valence-electron chi connectivity index (χ2n) is 7.11. The third kappa shape index (κ3) is 4.18. The summed E-state index contributed by atoms with van der Waals surface area (Å²) in [5, 5.41) is 0. The third-order valence-corrected chi connectivity index (χ3v) is 5.05. The number of hydrogen-bond donors (Lipinski definition) is 0. The first-order chi connectivity index (χ1) is 12.6. The van der Waals surface area contributed by atoms with Crippen molar-refractivity contribution in [1.29, 1.82) is 0 Å². The van der Waals surface area contributed by atoms with Crippen molar-refractivity contribution in [3.05, 3.63) is 59.7 Å². The highest BCUT2D eigenvalue weighted by Gasteiger charge is 2.23. The summed E-state index contributed by atoms with van der Waals surface area (Å²) in [6.07, 6.45) is 0.451. The van der Waals surface area contributed by atoms with E-state index in [9.17, 15) is 4.79 Å². The maximum Gasteiger partial charge on any atom is 0.227 e. The molecule has 1 aliphatic heterocycles. The summed E-state index contributed by atoms with van der Waals surface area (Å²) >= 11 is 0. The predicted octanol–water partition coefficient (Wildman–Crippen LogP) is 3.71. The molecule has 0 radical (unpaired) electrons. The Bertz CT molecular complexity index is 732. The number of ether oxygens (including phenoxy) is 1. The molecule has 0 aromatic heterocycles. The Morgan fingerprint density at radius 2 is 1.65 bits per heavy atom. The van der Waals surface area contributed by atoms with E-state index in [1.807, 2.05) is 29.2 Å². The number of anilines is 1. The van der Waals surface area contributed by atoms with Crippen molar-refractivity contribution in [1.82, 2.24) is 4.90 Å². The van der Waals surface area contributed by atoms with Crippen LogP contribution in [0.2, 0.25) is 0 Å². The lowest BCUT2D eigenvalue weighted by Crippen LogP contribution is -2.49. The fourth-order valence-corrected chi connectivity index (χ4v) is 3.49. The van der Waals surface area contributed by atoms with E-state index in [4.69, 9.17) is 4.74 Å². The number of carbonyl (C=O) groups is 1. The van der Waals surface area contributed by atoms with Crippen LogP contribution in [0.15, 0.2) is 48.5 Å². The summed E-state index contributed by atoms with van der Waals surface area (Å²) in [5.41, 5.74) is 3.72. The second-order valence-corrected chi connectivity index (χ2v) is 7.11. The Morgan fingerprint density at radius 3 is 2.27 bits per heavy atom. The van der Waals surface area contributed by atoms with Gasteiger partial charge in [0.25, 0.3) is 0 Å². The number of piperazine rings is 1. The van der Waals surface area contributed by atoms with Gasteiger partial charge in [-0.25, -0.2) is 0 Å². The normalized spacial score (nSPS) is 14.6. The highest BCUT2D eigenvalue weighted by Crippen LogP contribution is 2.28. The average molecular weight is 352 g/mol. The van der Waals surface area contributed by atoms with Crippen molar-refractivity contribution in [3.8, 4) is 5.75 Å². The molecule has 0 atom stereocenters. The van der Waals surface area contributed by atoms with Crippen LogP contribution in [0.4, 0.5) is 5.69 Å². The molecule has 1 aliphatic rings. The van der Waals surface area contributed by atoms with Crippen LogP contribution in [0.5, 0.6) is 5.75 Å². The molecule has 4 heteroatoms. The van der Waals surface area contributed by atoms with Crippen LogP contribution in [0.3, 0.4) is 0 Å². The van der Waals surface area contributed by atoms with Crippen LogP contribution >= 0.6 is 0 Å². The van der Waals surface area contributed by atoms with Crippen LogP contribution in [-0.2, 0) is 11.2 Å². The summed E-state index contributed by atoms with van der Waals surface area (Å²) in [6.45, 7) is 7.79. The van der Waals surface area contributed by atoms with Crippen LogP contribution < -0.4 is 9.64 Å². The Labute approximate surface area is 156 Å². The van der Waals surface area contributed by atoms with Gasteiger partial charge in [-0.15, -0.1) is 0 Å². The zero-order valence-corrected chi connectivity index (χ0v) is 15.9. The molecular weight excluding hydrogens is 324 g/mol. The molecule has 0 bridgehead atoms. The van der Waals surface area contributed by atoms with Crippen LogP contribution in [0, 0.1) is 0 Å². The van der Waals surface area contributed by atoms with E-state index in [0.29, 0.717) is 12.3 Å². The average Bonchev–Trinajstić information content (AvgIpc) is 2.68. The van der Waals surface area contributed by atoms with E-state index < -0.39 is 0 Å². The van der Waals surface area contributed by atoms with E-state index in [1.165, 1.54) is 11.3 Å². The zero-order chi connectivity index (χ0) is 18.5. The standard InChI is InChI=1S/C22H28N2O2/c1-17(2)20-6-4-5-7-21(20)23-12-14-24(15-13-23)22(25)16-18-8-10-19(26-3)11-9-18/h4-11,17H,12-16H2,1-3H3. The molecule has 1 saturated heterocycles. The van der Waals surface area contributed by atoms with Gasteiger partial charge in [0, 0.05) is 31.9 Å². The van der Waals surface area contributed by atoms with Gasteiger partial charge < -0.3 is 14.5 Å². The highest BCUT2D eigenvalue weighted by atomic mass is 16.5. The molecule has 2 aromatic carbocycles. The number of amides is 1. The largest absolute Gasteiger partial charge is 0.497 e. The van der Waals surface area contributed by atoms with E-state index in [0.717, 1.165) is 37.5 Å². The highest BCUT2D eigenvalue weighted by molar-refractivity contribution is 5.79. The fourth-order valence-electron chi connectivity index (χ4n) is 3.49. The molecule has 138 valence electrons. The van der Waals surface area contributed by atoms with Crippen molar-refractivity contribution in [2.45, 2.75) is 26.2 Å². The maximum atomic E-state index is 12.6. The first-order valence-electron chi connectivity index (χ1n) is 9.33. The zero-order valence-electron chi connectivity index (χ0n) is 15.9. The van der Waals surface area contributed by atoms with Gasteiger partial charge in [0.15, 0.2) is 0 Å². The van der Waals surface area contributed by atoms with Crippen molar-refractivity contribution < 1.29 is 9.53 Å². The Kier molecular flexibility index (Phi) is 5.82. The molecule has 0 saturated carbocycles. The van der Waals surface area contributed by atoms with E-state index in [-0.39, 0.29) is 5.91 Å². The number of carbonyl (C=O) groups excluding carboxylic acids is 1. The van der Waals surface area contributed by atoms with Gasteiger partial charge in [0.05, 0.1) is 13.5 Å². The number of hydrogen-bond acceptors (Lipinski definition) is 3. The van der Waals surface area contributed by atoms with Gasteiger partial charge >= 0.3 is 0 Å². The van der Waals surface area contributed by atoms with Crippen molar-refractivity contribution in [2.75, 3.05) is 38.2 Å². The second kappa shape index (κ2) is 8.26. The molecule has 0 spiro atoms. The Morgan fingerprint density at radius 1 is 1.00 bits per heavy atom. The Hall–Kier alpha value is -2.49. The summed E-state index contributed by atoms with van der Waals surface area (Å²) in [4.78, 5) is 17.0. The lowest BCUT2D eigenvalue weighted by Gasteiger charge is -2.37. The SMILES string of the molecule is COc1ccc(CC(=O)N2CCN(c3ccccc3C(C)C)CC2)cc1. The predicted molar refractivity (Wildman–Crippen MR) is 106 cm³/mol. The number of benzene rings is 2. The molecule has 2 aromatic rings. The van der Waals surface area contributed by atoms with Crippen LogP contribution in [-0.4, -0.2) is 44.1 Å². The molecule has 0 unspecified atom stereocenters. The summed E-state index contributed by atoms with van der Waals surface area (Å²) in [7, 11) is 1.65. The number of methoxy groups -OCH3 is 1. The van der Waals surface area contributed by atoms with E-state index >= 15 is 0 Å². The molecular formula is C22H28N2O2. The van der Waals surface area contributed by atoms with E-state index in [2.05, 4.69) is 43.0 Å². The van der Waals surface area contributed by atoms with E-state index in [1.54, 1.807) is 7.11 Å². The molecule has 4 nitrogen and oxygen atoms in total. The first kappa shape index (κ1) is 18.3. The molecule has 3 rings (SSSR count). The minimum atomic E-state index is 0.201. The lowest BCUT2D eigenvalue weighted by atomic mass is 10.00. The minimum absolute atomic E-state index is 0.201. The summed E-state index contributed by atoms with van der Waals surface area (Å²) < 4.78 is 5.17. The van der Waals surface area contributed by atoms with Crippen molar-refractivity contribution in [2.24, 2.45) is 0 Å². The molecule has 0 N–H and O–H groups in total. The van der Waals surface area contributed by atoms with Gasteiger partial charge in [-0.3, -0.25) is 4.79 Å². The molecule has 1 amide bonds. The van der Waals surface area contributed by atoms with Crippen LogP contribution in [0.1, 0.15) is 30.9 Å². The summed E-state index contributed by atoms with van der Waals surface area (Å²) in [6, 6.07) is 16.4. The van der Waals surface area contributed by atoms with Crippen LogP contribution in [0.25, 0.3) is 0 Å². The third-order valence-electron chi connectivity index (χ3n) is 5.05. The van der Waals surface area contributed by atoms with Gasteiger partial charge in [-0.05, 0) is 35.2 Å². The van der Waals surface area contributed by atoms with Crippen molar-refractivity contribution in [3.63, 3.8) is 0 Å². The van der Waals surface area contributed by atoms with Gasteiger partial charge in [0.2, 0.25) is 5.91 Å². The Balaban J connectivity index is 1.58. The van der Waals surface area contributed by atoms with Gasteiger partial charge in [-0.2, -0.15) is 0 Å². The monoisotopic (exact) mass is 352 g/mol. The van der Waals surface area contributed by atoms with Gasteiger partial charge in [0.1, 0.15) is 5.75 Å². The lowest BCUT2D eigenvalue weighted by molar-refractivity contribution is -0.130. The quantitative estimate of drug-likeness (QED) is 0.822. The number of para-hydroxylation sites is 1. The summed E-state index contributed by atoms with van der Waals surface area (Å²) in [5.74, 6) is 1.52. The van der Waals surface area contributed by atoms with Gasteiger partial charge in [-0.1, -0.05) is 44.2 Å². The molecule has 26 heavy (non-hydrogen) atoms. The molecule has 1 fully saturated rings. The number of nitrogens with zero attached hydrogens (tertiary/aromatic N) is 2. The molecule has 0 aliphatic carbocycles. The molecule has 1 heterocycles.